The van der Waals surface area contributed by atoms with Gasteiger partial charge >= 0.3 is 0 Å². The summed E-state index contributed by atoms with van der Waals surface area (Å²) in [6.45, 7) is 7.78. The Bertz CT molecular complexity index is 394. The molecule has 2 nitrogen and oxygen atoms in total. The SMILES string of the molecule is CCCNC(CC1CCCCC1)c1nc(CC)c(C)s1. The zero-order valence-electron chi connectivity index (χ0n) is 13.4. The fraction of sp³-hybridized carbons (Fsp3) is 0.824. The molecule has 1 heterocycles. The third-order valence-corrected chi connectivity index (χ3v) is 5.60. The van der Waals surface area contributed by atoms with E-state index in [0.717, 1.165) is 18.9 Å². The van der Waals surface area contributed by atoms with Crippen LogP contribution in [0.15, 0.2) is 0 Å². The summed E-state index contributed by atoms with van der Waals surface area (Å²) in [5, 5.41) is 5.08. The van der Waals surface area contributed by atoms with Gasteiger partial charge in [0.25, 0.3) is 0 Å². The van der Waals surface area contributed by atoms with Crippen molar-refractivity contribution >= 4 is 11.3 Å². The molecule has 2 rings (SSSR count). The van der Waals surface area contributed by atoms with Gasteiger partial charge in [0.1, 0.15) is 5.01 Å². The second-order valence-corrected chi connectivity index (χ2v) is 7.39. The van der Waals surface area contributed by atoms with Crippen LogP contribution in [0.1, 0.15) is 80.4 Å². The molecule has 0 spiro atoms. The van der Waals surface area contributed by atoms with Gasteiger partial charge in [-0.15, -0.1) is 11.3 Å². The Morgan fingerprint density at radius 3 is 2.60 bits per heavy atom. The van der Waals surface area contributed by atoms with Gasteiger partial charge in [-0.05, 0) is 38.6 Å². The second-order valence-electron chi connectivity index (χ2n) is 6.15. The van der Waals surface area contributed by atoms with Crippen LogP contribution in [0, 0.1) is 12.8 Å². The number of hydrogen-bond acceptors (Lipinski definition) is 3. The minimum absolute atomic E-state index is 0.488. The van der Waals surface area contributed by atoms with Crippen LogP contribution in [-0.4, -0.2) is 11.5 Å². The van der Waals surface area contributed by atoms with Gasteiger partial charge in [0.15, 0.2) is 0 Å². The number of aryl methyl sites for hydroxylation is 2. The molecule has 0 bridgehead atoms. The predicted octanol–water partition coefficient (Wildman–Crippen LogP) is 5.03. The number of nitrogens with one attached hydrogen (secondary N) is 1. The number of thiazole rings is 1. The van der Waals surface area contributed by atoms with E-state index in [1.54, 1.807) is 0 Å². The summed E-state index contributed by atoms with van der Waals surface area (Å²) >= 11 is 1.91. The molecule has 20 heavy (non-hydrogen) atoms. The molecule has 0 amide bonds. The zero-order valence-corrected chi connectivity index (χ0v) is 14.2. The first kappa shape index (κ1) is 16.0. The monoisotopic (exact) mass is 294 g/mol. The standard InChI is InChI=1S/C17H30N2S/c1-4-11-18-16(12-14-9-7-6-8-10-14)17-19-15(5-2)13(3)20-17/h14,16,18H,4-12H2,1-3H3. The largest absolute Gasteiger partial charge is 0.308 e. The van der Waals surface area contributed by atoms with Gasteiger partial charge in [-0.1, -0.05) is 46.0 Å². The van der Waals surface area contributed by atoms with Crippen molar-refractivity contribution < 1.29 is 0 Å². The van der Waals surface area contributed by atoms with Crippen LogP contribution in [0.2, 0.25) is 0 Å². The van der Waals surface area contributed by atoms with Crippen molar-refractivity contribution in [1.29, 1.82) is 0 Å². The molecule has 1 aromatic heterocycles. The Morgan fingerprint density at radius 2 is 2.00 bits per heavy atom. The Balaban J connectivity index is 2.04. The first-order chi connectivity index (χ1) is 9.74. The summed E-state index contributed by atoms with van der Waals surface area (Å²) in [5.74, 6) is 0.910. The Kier molecular flexibility index (Phi) is 6.50. The molecule has 1 saturated carbocycles. The molecule has 1 N–H and O–H groups in total. The van der Waals surface area contributed by atoms with Crippen molar-refractivity contribution in [2.45, 2.75) is 78.2 Å². The van der Waals surface area contributed by atoms with E-state index in [4.69, 9.17) is 4.98 Å². The third-order valence-electron chi connectivity index (χ3n) is 4.48. The maximum absolute atomic E-state index is 4.90. The molecule has 1 aliphatic carbocycles. The molecule has 0 saturated heterocycles. The average Bonchev–Trinajstić information content (AvgIpc) is 2.85. The highest BCUT2D eigenvalue weighted by Gasteiger charge is 2.22. The first-order valence-electron chi connectivity index (χ1n) is 8.44. The van der Waals surface area contributed by atoms with E-state index in [1.165, 1.54) is 60.5 Å². The Labute approximate surface area is 128 Å². The van der Waals surface area contributed by atoms with Gasteiger partial charge in [0.05, 0.1) is 11.7 Å². The zero-order chi connectivity index (χ0) is 14.4. The van der Waals surface area contributed by atoms with Crippen molar-refractivity contribution in [3.63, 3.8) is 0 Å². The van der Waals surface area contributed by atoms with Gasteiger partial charge in [-0.2, -0.15) is 0 Å². The van der Waals surface area contributed by atoms with Gasteiger partial charge in [0.2, 0.25) is 0 Å². The quantitative estimate of drug-likeness (QED) is 0.763. The van der Waals surface area contributed by atoms with Crippen LogP contribution in [0.3, 0.4) is 0 Å². The van der Waals surface area contributed by atoms with Crippen LogP contribution in [0.5, 0.6) is 0 Å². The highest BCUT2D eigenvalue weighted by atomic mass is 32.1. The van der Waals surface area contributed by atoms with Crippen LogP contribution in [0.25, 0.3) is 0 Å². The van der Waals surface area contributed by atoms with Gasteiger partial charge in [0, 0.05) is 4.88 Å². The molecule has 0 aromatic carbocycles. The van der Waals surface area contributed by atoms with E-state index >= 15 is 0 Å². The molecule has 114 valence electrons. The minimum Gasteiger partial charge on any atom is -0.308 e. The molecule has 1 atom stereocenters. The summed E-state index contributed by atoms with van der Waals surface area (Å²) in [6, 6.07) is 0.488. The maximum atomic E-state index is 4.90. The van der Waals surface area contributed by atoms with Gasteiger partial charge in [-0.3, -0.25) is 0 Å². The number of rotatable bonds is 7. The van der Waals surface area contributed by atoms with E-state index in [1.807, 2.05) is 11.3 Å². The van der Waals surface area contributed by atoms with Crippen LogP contribution in [0.4, 0.5) is 0 Å². The fourth-order valence-electron chi connectivity index (χ4n) is 3.27. The summed E-state index contributed by atoms with van der Waals surface area (Å²) in [4.78, 5) is 6.31. The molecule has 1 aliphatic rings. The molecule has 3 heteroatoms. The molecular weight excluding hydrogens is 264 g/mol. The number of nitrogens with zero attached hydrogens (tertiary/aromatic N) is 1. The lowest BCUT2D eigenvalue weighted by atomic mass is 9.85. The lowest BCUT2D eigenvalue weighted by Crippen LogP contribution is -2.25. The molecule has 0 radical (unpaired) electrons. The molecule has 0 aliphatic heterocycles. The average molecular weight is 295 g/mol. The van der Waals surface area contributed by atoms with E-state index in [0.29, 0.717) is 6.04 Å². The summed E-state index contributed by atoms with van der Waals surface area (Å²) in [6.07, 6.45) is 10.7. The highest BCUT2D eigenvalue weighted by Crippen LogP contribution is 2.34. The van der Waals surface area contributed by atoms with E-state index in [9.17, 15) is 0 Å². The van der Waals surface area contributed by atoms with Gasteiger partial charge in [-0.25, -0.2) is 4.98 Å². The lowest BCUT2D eigenvalue weighted by molar-refractivity contribution is 0.299. The van der Waals surface area contributed by atoms with E-state index < -0.39 is 0 Å². The van der Waals surface area contributed by atoms with Crippen molar-refractivity contribution in [2.75, 3.05) is 6.54 Å². The number of hydrogen-bond donors (Lipinski definition) is 1. The van der Waals surface area contributed by atoms with Crippen molar-refractivity contribution in [3.05, 3.63) is 15.6 Å². The second kappa shape index (κ2) is 8.14. The summed E-state index contributed by atoms with van der Waals surface area (Å²) in [5.41, 5.74) is 1.30. The highest BCUT2D eigenvalue weighted by molar-refractivity contribution is 7.11. The minimum atomic E-state index is 0.488. The first-order valence-corrected chi connectivity index (χ1v) is 9.25. The van der Waals surface area contributed by atoms with Crippen molar-refractivity contribution in [2.24, 2.45) is 5.92 Å². The summed E-state index contributed by atoms with van der Waals surface area (Å²) in [7, 11) is 0. The van der Waals surface area contributed by atoms with Crippen molar-refractivity contribution in [1.82, 2.24) is 10.3 Å². The van der Waals surface area contributed by atoms with Crippen molar-refractivity contribution in [3.8, 4) is 0 Å². The smallest absolute Gasteiger partial charge is 0.110 e. The number of aromatic nitrogens is 1. The maximum Gasteiger partial charge on any atom is 0.110 e. The van der Waals surface area contributed by atoms with Crippen LogP contribution >= 0.6 is 11.3 Å². The molecule has 1 fully saturated rings. The normalized spacial score (nSPS) is 18.4. The molecule has 1 aromatic rings. The van der Waals surface area contributed by atoms with E-state index in [-0.39, 0.29) is 0 Å². The predicted molar refractivity (Wildman–Crippen MR) is 88.5 cm³/mol. The molecule has 1 unspecified atom stereocenters. The third kappa shape index (κ3) is 4.29. The van der Waals surface area contributed by atoms with Gasteiger partial charge < -0.3 is 5.32 Å². The lowest BCUT2D eigenvalue weighted by Gasteiger charge is -2.26. The molecular formula is C17H30N2S. The van der Waals surface area contributed by atoms with E-state index in [2.05, 4.69) is 26.1 Å². The Morgan fingerprint density at radius 1 is 1.25 bits per heavy atom. The van der Waals surface area contributed by atoms with Crippen LogP contribution < -0.4 is 5.32 Å². The topological polar surface area (TPSA) is 24.9 Å². The Hall–Kier alpha value is -0.410. The fourth-order valence-corrected chi connectivity index (χ4v) is 4.37. The van der Waals surface area contributed by atoms with Crippen LogP contribution in [-0.2, 0) is 6.42 Å². The summed E-state index contributed by atoms with van der Waals surface area (Å²) < 4.78 is 0.